The van der Waals surface area contributed by atoms with E-state index in [0.29, 0.717) is 6.04 Å². The molecule has 0 bridgehead atoms. The lowest BCUT2D eigenvalue weighted by atomic mass is 10.2. The van der Waals surface area contributed by atoms with Gasteiger partial charge in [-0.1, -0.05) is 6.07 Å². The third kappa shape index (κ3) is 3.39. The number of thioether (sulfide) groups is 1. The van der Waals surface area contributed by atoms with Gasteiger partial charge < -0.3 is 9.88 Å². The lowest BCUT2D eigenvalue weighted by molar-refractivity contribution is 0.482. The largest absolute Gasteiger partial charge is 0.314 e. The molecule has 3 nitrogen and oxygen atoms in total. The molecule has 0 amide bonds. The molecule has 16 heavy (non-hydrogen) atoms. The van der Waals surface area contributed by atoms with E-state index in [2.05, 4.69) is 5.32 Å². The minimum Gasteiger partial charge on any atom is -0.314 e. The molecule has 1 aromatic heterocycles. The van der Waals surface area contributed by atoms with Crippen molar-refractivity contribution >= 4 is 11.8 Å². The molecule has 4 heteroatoms. The van der Waals surface area contributed by atoms with E-state index in [1.165, 1.54) is 24.3 Å². The Balaban J connectivity index is 1.75. The Morgan fingerprint density at radius 3 is 3.19 bits per heavy atom. The van der Waals surface area contributed by atoms with Crippen LogP contribution in [-0.4, -0.2) is 28.7 Å². The summed E-state index contributed by atoms with van der Waals surface area (Å²) >= 11 is 2.02. The molecular formula is C12H18N2OS. The zero-order valence-corrected chi connectivity index (χ0v) is 10.2. The Morgan fingerprint density at radius 2 is 2.44 bits per heavy atom. The van der Waals surface area contributed by atoms with Crippen molar-refractivity contribution in [1.29, 1.82) is 0 Å². The van der Waals surface area contributed by atoms with Crippen LogP contribution in [0.15, 0.2) is 29.2 Å². The van der Waals surface area contributed by atoms with E-state index < -0.39 is 0 Å². The Labute approximate surface area is 100 Å². The molecule has 88 valence electrons. The molecule has 1 saturated heterocycles. The van der Waals surface area contributed by atoms with Crippen molar-refractivity contribution in [3.8, 4) is 0 Å². The molecule has 0 aliphatic carbocycles. The lowest BCUT2D eigenvalue weighted by Gasteiger charge is -2.22. The van der Waals surface area contributed by atoms with Crippen molar-refractivity contribution in [3.63, 3.8) is 0 Å². The summed E-state index contributed by atoms with van der Waals surface area (Å²) in [6.07, 6.45) is 4.43. The molecule has 0 saturated carbocycles. The van der Waals surface area contributed by atoms with Gasteiger partial charge in [-0.2, -0.15) is 11.8 Å². The van der Waals surface area contributed by atoms with Crippen LogP contribution in [0.25, 0.3) is 0 Å². The van der Waals surface area contributed by atoms with Gasteiger partial charge in [0.2, 0.25) is 0 Å². The van der Waals surface area contributed by atoms with Crippen LogP contribution in [0.5, 0.6) is 0 Å². The summed E-state index contributed by atoms with van der Waals surface area (Å²) < 4.78 is 1.75. The topological polar surface area (TPSA) is 34.0 Å². The SMILES string of the molecule is O=c1ccccn1CCNC1CCCSC1. The van der Waals surface area contributed by atoms with E-state index in [-0.39, 0.29) is 5.56 Å². The second-order valence-corrected chi connectivity index (χ2v) is 5.25. The monoisotopic (exact) mass is 238 g/mol. The fraction of sp³-hybridized carbons (Fsp3) is 0.583. The summed E-state index contributed by atoms with van der Waals surface area (Å²) in [5, 5.41) is 3.52. The molecule has 0 spiro atoms. The molecule has 1 fully saturated rings. The van der Waals surface area contributed by atoms with E-state index >= 15 is 0 Å². The molecule has 2 heterocycles. The third-order valence-electron chi connectivity index (χ3n) is 2.85. The van der Waals surface area contributed by atoms with Crippen LogP contribution in [0.1, 0.15) is 12.8 Å². The van der Waals surface area contributed by atoms with Crippen molar-refractivity contribution in [2.24, 2.45) is 0 Å². The summed E-state index contributed by atoms with van der Waals surface area (Å²) in [7, 11) is 0. The van der Waals surface area contributed by atoms with E-state index in [1.54, 1.807) is 16.7 Å². The highest BCUT2D eigenvalue weighted by atomic mass is 32.2. The first-order chi connectivity index (χ1) is 7.86. The highest BCUT2D eigenvalue weighted by Gasteiger charge is 2.12. The van der Waals surface area contributed by atoms with Crippen LogP contribution in [0.2, 0.25) is 0 Å². The average Bonchev–Trinajstić information content (AvgIpc) is 2.33. The van der Waals surface area contributed by atoms with Crippen LogP contribution < -0.4 is 10.9 Å². The second-order valence-electron chi connectivity index (χ2n) is 4.10. The number of aromatic nitrogens is 1. The quantitative estimate of drug-likeness (QED) is 0.859. The highest BCUT2D eigenvalue weighted by molar-refractivity contribution is 7.99. The fourth-order valence-electron chi connectivity index (χ4n) is 1.94. The number of rotatable bonds is 4. The molecule has 1 N–H and O–H groups in total. The molecule has 2 rings (SSSR count). The Morgan fingerprint density at radius 1 is 1.50 bits per heavy atom. The van der Waals surface area contributed by atoms with Crippen LogP contribution >= 0.6 is 11.8 Å². The lowest BCUT2D eigenvalue weighted by Crippen LogP contribution is -2.37. The van der Waals surface area contributed by atoms with Gasteiger partial charge in [-0.05, 0) is 24.7 Å². The third-order valence-corrected chi connectivity index (χ3v) is 4.06. The van der Waals surface area contributed by atoms with Gasteiger partial charge in [-0.3, -0.25) is 4.79 Å². The Bertz CT molecular complexity index is 371. The van der Waals surface area contributed by atoms with Crippen LogP contribution in [-0.2, 0) is 6.54 Å². The molecular weight excluding hydrogens is 220 g/mol. The van der Waals surface area contributed by atoms with Crippen LogP contribution in [0, 0.1) is 0 Å². The van der Waals surface area contributed by atoms with E-state index in [0.717, 1.165) is 13.1 Å². The van der Waals surface area contributed by atoms with Crippen molar-refractivity contribution < 1.29 is 0 Å². The summed E-state index contributed by atoms with van der Waals surface area (Å²) in [6.45, 7) is 1.65. The Kier molecular flexibility index (Phi) is 4.48. The maximum Gasteiger partial charge on any atom is 0.250 e. The number of nitrogens with one attached hydrogen (secondary N) is 1. The zero-order valence-electron chi connectivity index (χ0n) is 9.39. The average molecular weight is 238 g/mol. The van der Waals surface area contributed by atoms with Gasteiger partial charge in [0.15, 0.2) is 0 Å². The normalized spacial score (nSPS) is 20.9. The van der Waals surface area contributed by atoms with E-state index in [1.807, 2.05) is 24.0 Å². The van der Waals surface area contributed by atoms with E-state index in [9.17, 15) is 4.79 Å². The van der Waals surface area contributed by atoms with E-state index in [4.69, 9.17) is 0 Å². The first-order valence-corrected chi connectivity index (χ1v) is 6.98. The predicted octanol–water partition coefficient (Wildman–Crippen LogP) is 1.33. The summed E-state index contributed by atoms with van der Waals surface area (Å²) in [5.41, 5.74) is 0.0855. The van der Waals surface area contributed by atoms with Crippen molar-refractivity contribution in [3.05, 3.63) is 34.7 Å². The summed E-state index contributed by atoms with van der Waals surface area (Å²) in [5.74, 6) is 2.51. The number of hydrogen-bond acceptors (Lipinski definition) is 3. The first-order valence-electron chi connectivity index (χ1n) is 5.83. The molecule has 1 unspecified atom stereocenters. The van der Waals surface area contributed by atoms with Crippen LogP contribution in [0.3, 0.4) is 0 Å². The number of nitrogens with zero attached hydrogens (tertiary/aromatic N) is 1. The second kappa shape index (κ2) is 6.11. The standard InChI is InChI=1S/C12H18N2OS/c15-12-5-1-2-7-14(12)8-6-13-11-4-3-9-16-10-11/h1-2,5,7,11,13H,3-4,6,8-10H2. The van der Waals surface area contributed by atoms with Gasteiger partial charge in [0.05, 0.1) is 0 Å². The van der Waals surface area contributed by atoms with Gasteiger partial charge in [0.25, 0.3) is 5.56 Å². The molecule has 1 aromatic rings. The molecule has 1 atom stereocenters. The van der Waals surface area contributed by atoms with Gasteiger partial charge in [-0.25, -0.2) is 0 Å². The smallest absolute Gasteiger partial charge is 0.250 e. The molecule has 0 radical (unpaired) electrons. The highest BCUT2D eigenvalue weighted by Crippen LogP contribution is 2.16. The summed E-state index contributed by atoms with van der Waals surface area (Å²) in [6, 6.07) is 5.93. The predicted molar refractivity (Wildman–Crippen MR) is 69.1 cm³/mol. The maximum absolute atomic E-state index is 11.4. The molecule has 1 aliphatic heterocycles. The Hall–Kier alpha value is -0.740. The van der Waals surface area contributed by atoms with Crippen LogP contribution in [0.4, 0.5) is 0 Å². The van der Waals surface area contributed by atoms with Crippen molar-refractivity contribution in [2.75, 3.05) is 18.1 Å². The minimum absolute atomic E-state index is 0.0855. The van der Waals surface area contributed by atoms with Gasteiger partial charge in [0, 0.05) is 37.1 Å². The molecule has 1 aliphatic rings. The zero-order chi connectivity index (χ0) is 11.2. The van der Waals surface area contributed by atoms with Gasteiger partial charge in [-0.15, -0.1) is 0 Å². The van der Waals surface area contributed by atoms with Gasteiger partial charge in [0.1, 0.15) is 0 Å². The number of pyridine rings is 1. The number of hydrogen-bond donors (Lipinski definition) is 1. The molecule has 0 aromatic carbocycles. The van der Waals surface area contributed by atoms with Gasteiger partial charge >= 0.3 is 0 Å². The fourth-order valence-corrected chi connectivity index (χ4v) is 3.04. The minimum atomic E-state index is 0.0855. The maximum atomic E-state index is 11.4. The first kappa shape index (κ1) is 11.7. The summed E-state index contributed by atoms with van der Waals surface area (Å²) in [4.78, 5) is 11.4. The van der Waals surface area contributed by atoms with Crippen molar-refractivity contribution in [2.45, 2.75) is 25.4 Å². The van der Waals surface area contributed by atoms with Crippen molar-refractivity contribution in [1.82, 2.24) is 9.88 Å².